The zero-order valence-electron chi connectivity index (χ0n) is 33.5. The molecular formula is C58H40N2. The van der Waals surface area contributed by atoms with Gasteiger partial charge in [0, 0.05) is 33.2 Å². The monoisotopic (exact) mass is 764 g/mol. The molecule has 9 aromatic carbocycles. The molecule has 60 heavy (non-hydrogen) atoms. The van der Waals surface area contributed by atoms with E-state index >= 15 is 0 Å². The van der Waals surface area contributed by atoms with Gasteiger partial charge < -0.3 is 9.47 Å². The van der Waals surface area contributed by atoms with Gasteiger partial charge in [0.25, 0.3) is 0 Å². The molecule has 0 bridgehead atoms. The summed E-state index contributed by atoms with van der Waals surface area (Å²) in [4.78, 5) is 2.40. The van der Waals surface area contributed by atoms with E-state index in [1.54, 1.807) is 0 Å². The van der Waals surface area contributed by atoms with Gasteiger partial charge in [-0.25, -0.2) is 0 Å². The highest BCUT2D eigenvalue weighted by Crippen LogP contribution is 2.61. The Kier molecular flexibility index (Phi) is 6.74. The van der Waals surface area contributed by atoms with Crippen LogP contribution in [-0.4, -0.2) is 4.57 Å². The van der Waals surface area contributed by atoms with Crippen LogP contribution in [0.25, 0.3) is 60.9 Å². The quantitative estimate of drug-likeness (QED) is 0.173. The molecule has 0 fully saturated rings. The predicted octanol–water partition coefficient (Wildman–Crippen LogP) is 14.9. The lowest BCUT2D eigenvalue weighted by atomic mass is 9.65. The van der Waals surface area contributed by atoms with Crippen molar-refractivity contribution in [2.45, 2.75) is 24.7 Å². The number of hydrogen-bond acceptors (Lipinski definition) is 1. The molecule has 13 rings (SSSR count). The maximum atomic E-state index is 2.52. The Hall–Kier alpha value is -7.42. The number of rotatable bonds is 4. The summed E-state index contributed by atoms with van der Waals surface area (Å²) in [5, 5.41) is 2.59. The third kappa shape index (κ3) is 4.27. The van der Waals surface area contributed by atoms with E-state index < -0.39 is 5.41 Å². The van der Waals surface area contributed by atoms with Crippen LogP contribution in [0.1, 0.15) is 47.2 Å². The lowest BCUT2D eigenvalue weighted by Gasteiger charge is -2.39. The van der Waals surface area contributed by atoms with Gasteiger partial charge in [0.05, 0.1) is 22.1 Å². The van der Waals surface area contributed by atoms with Gasteiger partial charge >= 0.3 is 0 Å². The summed E-state index contributed by atoms with van der Waals surface area (Å²) in [7, 11) is 0. The van der Waals surface area contributed by atoms with Crippen LogP contribution in [0.3, 0.4) is 0 Å². The van der Waals surface area contributed by atoms with Crippen molar-refractivity contribution in [1.29, 1.82) is 0 Å². The van der Waals surface area contributed by atoms with Crippen LogP contribution in [0.4, 0.5) is 17.1 Å². The van der Waals surface area contributed by atoms with E-state index in [2.05, 4.69) is 230 Å². The van der Waals surface area contributed by atoms with Crippen LogP contribution in [-0.2, 0) is 10.8 Å². The Morgan fingerprint density at radius 1 is 0.367 bits per heavy atom. The minimum atomic E-state index is -0.479. The van der Waals surface area contributed by atoms with Crippen LogP contribution < -0.4 is 4.90 Å². The molecule has 0 N–H and O–H groups in total. The molecule has 0 amide bonds. The molecule has 1 spiro atoms. The van der Waals surface area contributed by atoms with Crippen LogP contribution in [0.5, 0.6) is 0 Å². The average Bonchev–Trinajstić information content (AvgIpc) is 3.88. The highest BCUT2D eigenvalue weighted by Gasteiger charge is 2.50. The largest absolute Gasteiger partial charge is 0.310 e. The maximum Gasteiger partial charge on any atom is 0.0754 e. The number of nitrogens with zero attached hydrogens (tertiary/aromatic N) is 2. The second-order valence-electron chi connectivity index (χ2n) is 17.2. The minimum absolute atomic E-state index is 0.0836. The predicted molar refractivity (Wildman–Crippen MR) is 249 cm³/mol. The van der Waals surface area contributed by atoms with Crippen LogP contribution in [0.2, 0.25) is 0 Å². The number of aromatic nitrogens is 1. The van der Waals surface area contributed by atoms with Crippen molar-refractivity contribution in [3.05, 3.63) is 240 Å². The van der Waals surface area contributed by atoms with Gasteiger partial charge in [0.15, 0.2) is 0 Å². The van der Waals surface area contributed by atoms with Crippen molar-refractivity contribution in [1.82, 2.24) is 4.57 Å². The van der Waals surface area contributed by atoms with E-state index in [-0.39, 0.29) is 5.41 Å². The van der Waals surface area contributed by atoms with E-state index in [9.17, 15) is 0 Å². The molecule has 2 nitrogen and oxygen atoms in total. The molecule has 1 atom stereocenters. The summed E-state index contributed by atoms with van der Waals surface area (Å²) in [6.45, 7) is 4.71. The third-order valence-corrected chi connectivity index (χ3v) is 14.0. The Balaban J connectivity index is 0.977. The first-order valence-corrected chi connectivity index (χ1v) is 21.1. The fraction of sp³-hybridized carbons (Fsp3) is 0.0690. The van der Waals surface area contributed by atoms with E-state index in [0.29, 0.717) is 0 Å². The smallest absolute Gasteiger partial charge is 0.0754 e. The lowest BCUT2D eigenvalue weighted by Crippen LogP contribution is -2.33. The number of para-hydroxylation sites is 4. The molecule has 0 saturated carbocycles. The number of anilines is 3. The van der Waals surface area contributed by atoms with Crippen molar-refractivity contribution in [2.24, 2.45) is 0 Å². The fourth-order valence-corrected chi connectivity index (χ4v) is 11.4. The molecule has 0 radical (unpaired) electrons. The summed E-state index contributed by atoms with van der Waals surface area (Å²) < 4.78 is 2.52. The van der Waals surface area contributed by atoms with Crippen LogP contribution in [0.15, 0.2) is 206 Å². The lowest BCUT2D eigenvalue weighted by molar-refractivity contribution is 0.660. The van der Waals surface area contributed by atoms with E-state index in [4.69, 9.17) is 0 Å². The molecule has 0 saturated heterocycles. The van der Waals surface area contributed by atoms with Gasteiger partial charge in [-0.3, -0.25) is 0 Å². The molecule has 282 valence electrons. The summed E-state index contributed by atoms with van der Waals surface area (Å²) in [6.07, 6.45) is 0. The molecule has 1 aliphatic heterocycles. The van der Waals surface area contributed by atoms with Crippen molar-refractivity contribution < 1.29 is 0 Å². The first-order valence-electron chi connectivity index (χ1n) is 21.1. The van der Waals surface area contributed by atoms with Gasteiger partial charge in [-0.1, -0.05) is 166 Å². The standard InChI is InChI=1S/C58H40N2/c1-57(2)48-21-9-6-17-42(48)44-34-32-41(36-52(44)57)59(39-15-4-3-5-16-39)40-30-27-37(28-31-40)38-29-33-45-43-18-7-10-22-49(43)58(53(45)35-38)50-23-11-13-26-55(50)60-54-25-12-8-19-46(54)47-20-14-24-51(58)56(47)60/h3-36H,1-2H3. The van der Waals surface area contributed by atoms with Crippen molar-refractivity contribution >= 4 is 38.9 Å². The number of hydrogen-bond donors (Lipinski definition) is 0. The second-order valence-corrected chi connectivity index (χ2v) is 17.2. The van der Waals surface area contributed by atoms with Gasteiger partial charge in [-0.05, 0) is 121 Å². The van der Waals surface area contributed by atoms with E-state index in [1.165, 1.54) is 94.3 Å². The van der Waals surface area contributed by atoms with Gasteiger partial charge in [0.2, 0.25) is 0 Å². The van der Waals surface area contributed by atoms with Crippen LogP contribution in [0, 0.1) is 0 Å². The Labute approximate surface area is 350 Å². The van der Waals surface area contributed by atoms with Gasteiger partial charge in [0.1, 0.15) is 0 Å². The first-order chi connectivity index (χ1) is 29.5. The fourth-order valence-electron chi connectivity index (χ4n) is 11.4. The summed E-state index contributed by atoms with van der Waals surface area (Å²) >= 11 is 0. The Morgan fingerprint density at radius 2 is 0.933 bits per heavy atom. The zero-order chi connectivity index (χ0) is 39.7. The summed E-state index contributed by atoms with van der Waals surface area (Å²) in [5.74, 6) is 0. The van der Waals surface area contributed by atoms with Crippen molar-refractivity contribution in [2.75, 3.05) is 4.90 Å². The molecule has 2 aliphatic carbocycles. The number of benzene rings is 9. The zero-order valence-corrected chi connectivity index (χ0v) is 33.5. The molecule has 1 aromatic heterocycles. The molecule has 2 heteroatoms. The Morgan fingerprint density at radius 3 is 1.77 bits per heavy atom. The van der Waals surface area contributed by atoms with E-state index in [0.717, 1.165) is 17.1 Å². The molecule has 2 heterocycles. The molecule has 10 aromatic rings. The normalized spacial score (nSPS) is 16.0. The van der Waals surface area contributed by atoms with Gasteiger partial charge in [-0.2, -0.15) is 0 Å². The molecular weight excluding hydrogens is 725 g/mol. The van der Waals surface area contributed by atoms with Crippen molar-refractivity contribution in [3.63, 3.8) is 0 Å². The molecule has 3 aliphatic rings. The highest BCUT2D eigenvalue weighted by molar-refractivity contribution is 6.13. The van der Waals surface area contributed by atoms with E-state index in [1.807, 2.05) is 0 Å². The topological polar surface area (TPSA) is 8.17 Å². The minimum Gasteiger partial charge on any atom is -0.310 e. The van der Waals surface area contributed by atoms with Crippen LogP contribution >= 0.6 is 0 Å². The van der Waals surface area contributed by atoms with Gasteiger partial charge in [-0.15, -0.1) is 0 Å². The first kappa shape index (κ1) is 33.5. The number of fused-ring (bicyclic) bond motifs is 15. The SMILES string of the molecule is CC1(C)c2ccccc2-c2ccc(N(c3ccccc3)c3ccc(-c4ccc5c(c4)C4(c6ccccc6-5)c5ccccc5-n5c6ccccc6c6cccc4c65)cc3)cc21. The molecule has 1 unspecified atom stereocenters. The maximum absolute atomic E-state index is 2.52. The summed E-state index contributed by atoms with van der Waals surface area (Å²) in [5.41, 5.74) is 22.5. The second kappa shape index (κ2) is 12.1. The average molecular weight is 765 g/mol. The van der Waals surface area contributed by atoms with Crippen molar-refractivity contribution in [3.8, 4) is 39.1 Å². The highest BCUT2D eigenvalue weighted by atomic mass is 15.1. The Bertz CT molecular complexity index is 3400. The summed E-state index contributed by atoms with van der Waals surface area (Å²) in [6, 6.07) is 77.1. The third-order valence-electron chi connectivity index (χ3n) is 14.0.